The van der Waals surface area contributed by atoms with Crippen LogP contribution in [0.3, 0.4) is 0 Å². The highest BCUT2D eigenvalue weighted by atomic mass is 16.5. The first kappa shape index (κ1) is 21.9. The number of hydrogen-bond donors (Lipinski definition) is 2. The molecule has 2 aromatic carbocycles. The van der Waals surface area contributed by atoms with E-state index in [0.29, 0.717) is 23.0 Å². The molecule has 8 nitrogen and oxygen atoms in total. The Kier molecular flexibility index (Phi) is 8.62. The summed E-state index contributed by atoms with van der Waals surface area (Å²) < 4.78 is 21.3. The van der Waals surface area contributed by atoms with Crippen LogP contribution >= 0.6 is 0 Å². The Morgan fingerprint density at radius 2 is 1.24 bits per heavy atom. The van der Waals surface area contributed by atoms with Crippen LogP contribution in [0.15, 0.2) is 48.5 Å². The Labute approximate surface area is 170 Å². The molecule has 0 aliphatic rings. The Morgan fingerprint density at radius 3 is 1.72 bits per heavy atom. The van der Waals surface area contributed by atoms with Gasteiger partial charge in [0.15, 0.2) is 36.2 Å². The molecule has 0 aliphatic carbocycles. The van der Waals surface area contributed by atoms with Gasteiger partial charge in [0.25, 0.3) is 11.8 Å². The van der Waals surface area contributed by atoms with Crippen LogP contribution in [0.4, 0.5) is 0 Å². The van der Waals surface area contributed by atoms with Crippen LogP contribution in [-0.2, 0) is 9.59 Å². The fourth-order valence-corrected chi connectivity index (χ4v) is 2.45. The zero-order valence-corrected chi connectivity index (χ0v) is 16.8. The summed E-state index contributed by atoms with van der Waals surface area (Å²) in [6.45, 7) is 1.73. The van der Waals surface area contributed by atoms with E-state index < -0.39 is 0 Å². The predicted molar refractivity (Wildman–Crippen MR) is 108 cm³/mol. The van der Waals surface area contributed by atoms with Crippen molar-refractivity contribution in [2.75, 3.05) is 34.0 Å². The Morgan fingerprint density at radius 1 is 0.793 bits per heavy atom. The molecule has 2 N–H and O–H groups in total. The van der Waals surface area contributed by atoms with Crippen molar-refractivity contribution in [1.82, 2.24) is 10.6 Å². The second kappa shape index (κ2) is 11.4. The Hall–Kier alpha value is -3.42. The lowest BCUT2D eigenvalue weighted by Crippen LogP contribution is -2.44. The van der Waals surface area contributed by atoms with Gasteiger partial charge in [0.05, 0.1) is 14.2 Å². The zero-order valence-electron chi connectivity index (χ0n) is 16.8. The maximum absolute atomic E-state index is 12.0. The van der Waals surface area contributed by atoms with Gasteiger partial charge in [-0.3, -0.25) is 9.59 Å². The van der Waals surface area contributed by atoms with Crippen LogP contribution in [-0.4, -0.2) is 51.8 Å². The summed E-state index contributed by atoms with van der Waals surface area (Å²) in [5, 5.41) is 5.46. The molecule has 0 aliphatic heterocycles. The molecule has 2 rings (SSSR count). The quantitative estimate of drug-likeness (QED) is 0.595. The van der Waals surface area contributed by atoms with Crippen molar-refractivity contribution < 1.29 is 28.5 Å². The largest absolute Gasteiger partial charge is 0.493 e. The third kappa shape index (κ3) is 7.25. The summed E-state index contributed by atoms with van der Waals surface area (Å²) >= 11 is 0. The first-order chi connectivity index (χ1) is 14.0. The number of rotatable bonds is 11. The average molecular weight is 402 g/mol. The number of hydrogen-bond acceptors (Lipinski definition) is 6. The monoisotopic (exact) mass is 402 g/mol. The van der Waals surface area contributed by atoms with E-state index in [1.165, 1.54) is 14.2 Å². The molecule has 0 bridgehead atoms. The van der Waals surface area contributed by atoms with Crippen molar-refractivity contribution in [2.45, 2.75) is 13.0 Å². The van der Waals surface area contributed by atoms with Gasteiger partial charge in [-0.25, -0.2) is 0 Å². The third-order valence-electron chi connectivity index (χ3n) is 3.87. The van der Waals surface area contributed by atoms with Gasteiger partial charge in [0.2, 0.25) is 0 Å². The predicted octanol–water partition coefficient (Wildman–Crippen LogP) is 1.78. The normalized spacial score (nSPS) is 11.1. The van der Waals surface area contributed by atoms with E-state index in [0.717, 1.165) is 0 Å². The van der Waals surface area contributed by atoms with Gasteiger partial charge >= 0.3 is 0 Å². The van der Waals surface area contributed by atoms with Crippen molar-refractivity contribution in [1.29, 1.82) is 0 Å². The molecule has 1 atom stereocenters. The van der Waals surface area contributed by atoms with Gasteiger partial charge in [0, 0.05) is 12.6 Å². The van der Waals surface area contributed by atoms with Crippen LogP contribution in [0.25, 0.3) is 0 Å². The Balaban J connectivity index is 1.68. The van der Waals surface area contributed by atoms with Crippen LogP contribution < -0.4 is 29.6 Å². The second-order valence-corrected chi connectivity index (χ2v) is 6.15. The Bertz CT molecular complexity index is 811. The van der Waals surface area contributed by atoms with E-state index in [1.807, 2.05) is 12.1 Å². The number of methoxy groups -OCH3 is 2. The van der Waals surface area contributed by atoms with Crippen LogP contribution in [0.2, 0.25) is 0 Å². The van der Waals surface area contributed by atoms with E-state index in [2.05, 4.69) is 10.6 Å². The first-order valence-corrected chi connectivity index (χ1v) is 9.11. The molecule has 0 spiro atoms. The summed E-state index contributed by atoms with van der Waals surface area (Å²) in [4.78, 5) is 24.0. The summed E-state index contributed by atoms with van der Waals surface area (Å²) in [5.74, 6) is 1.47. The lowest BCUT2D eigenvalue weighted by molar-refractivity contribution is -0.125. The van der Waals surface area contributed by atoms with Crippen LogP contribution in [0, 0.1) is 0 Å². The summed E-state index contributed by atoms with van der Waals surface area (Å²) in [7, 11) is 3.06. The minimum atomic E-state index is -0.303. The topological polar surface area (TPSA) is 95.1 Å². The highest BCUT2D eigenvalue weighted by Gasteiger charge is 2.12. The number of amides is 2. The van der Waals surface area contributed by atoms with Crippen molar-refractivity contribution in [3.8, 4) is 23.0 Å². The molecule has 8 heteroatoms. The van der Waals surface area contributed by atoms with Crippen LogP contribution in [0.1, 0.15) is 6.92 Å². The minimum Gasteiger partial charge on any atom is -0.493 e. The molecule has 0 heterocycles. The average Bonchev–Trinajstić information content (AvgIpc) is 2.75. The van der Waals surface area contributed by atoms with E-state index in [9.17, 15) is 9.59 Å². The molecule has 0 radical (unpaired) electrons. The molecule has 2 aromatic rings. The maximum atomic E-state index is 12.0. The molecule has 0 unspecified atom stereocenters. The molecule has 0 fully saturated rings. The lowest BCUT2D eigenvalue weighted by Gasteiger charge is -2.16. The summed E-state index contributed by atoms with van der Waals surface area (Å²) in [5.41, 5.74) is 0. The molecule has 2 amide bonds. The van der Waals surface area contributed by atoms with Crippen molar-refractivity contribution in [3.05, 3.63) is 48.5 Å². The van der Waals surface area contributed by atoms with Gasteiger partial charge in [0.1, 0.15) is 0 Å². The third-order valence-corrected chi connectivity index (χ3v) is 3.87. The van der Waals surface area contributed by atoms with Gasteiger partial charge < -0.3 is 29.6 Å². The van der Waals surface area contributed by atoms with Crippen molar-refractivity contribution in [2.24, 2.45) is 0 Å². The smallest absolute Gasteiger partial charge is 0.258 e. The number of carbonyl (C=O) groups is 2. The zero-order chi connectivity index (χ0) is 21.1. The summed E-state index contributed by atoms with van der Waals surface area (Å²) in [6.07, 6.45) is 0. The molecule has 0 saturated carbocycles. The minimum absolute atomic E-state index is 0.155. The molecular weight excluding hydrogens is 376 g/mol. The molecule has 156 valence electrons. The number of para-hydroxylation sites is 4. The van der Waals surface area contributed by atoms with Gasteiger partial charge in [-0.05, 0) is 31.2 Å². The maximum Gasteiger partial charge on any atom is 0.258 e. The molecule has 0 saturated heterocycles. The fourth-order valence-electron chi connectivity index (χ4n) is 2.45. The van der Waals surface area contributed by atoms with Crippen molar-refractivity contribution >= 4 is 11.8 Å². The standard InChI is InChI=1S/C21H26N2O6/c1-15(23-21(25)14-29-19-11-7-5-9-17(19)27-3)12-22-20(24)13-28-18-10-6-4-8-16(18)26-2/h4-11,15H,12-14H2,1-3H3,(H,22,24)(H,23,25)/t15-/m1/s1. The summed E-state index contributed by atoms with van der Waals surface area (Å²) in [6, 6.07) is 13.9. The van der Waals surface area contributed by atoms with Gasteiger partial charge in [-0.15, -0.1) is 0 Å². The van der Waals surface area contributed by atoms with E-state index >= 15 is 0 Å². The van der Waals surface area contributed by atoms with E-state index in [1.54, 1.807) is 43.3 Å². The number of carbonyl (C=O) groups excluding carboxylic acids is 2. The van der Waals surface area contributed by atoms with E-state index in [4.69, 9.17) is 18.9 Å². The molecule has 29 heavy (non-hydrogen) atoms. The lowest BCUT2D eigenvalue weighted by atomic mass is 10.3. The van der Waals surface area contributed by atoms with Gasteiger partial charge in [-0.1, -0.05) is 24.3 Å². The van der Waals surface area contributed by atoms with Crippen LogP contribution in [0.5, 0.6) is 23.0 Å². The number of nitrogens with one attached hydrogen (secondary N) is 2. The van der Waals surface area contributed by atoms with E-state index in [-0.39, 0.29) is 37.6 Å². The highest BCUT2D eigenvalue weighted by Crippen LogP contribution is 2.26. The molecule has 0 aromatic heterocycles. The first-order valence-electron chi connectivity index (χ1n) is 9.11. The second-order valence-electron chi connectivity index (χ2n) is 6.15. The number of ether oxygens (including phenoxy) is 4. The number of benzene rings is 2. The SMILES string of the molecule is COc1ccccc1OCC(=O)NC[C@@H](C)NC(=O)COc1ccccc1OC. The fraction of sp³-hybridized carbons (Fsp3) is 0.333. The molecular formula is C21H26N2O6. The van der Waals surface area contributed by atoms with Crippen molar-refractivity contribution in [3.63, 3.8) is 0 Å². The highest BCUT2D eigenvalue weighted by molar-refractivity contribution is 5.79. The van der Waals surface area contributed by atoms with Gasteiger partial charge in [-0.2, -0.15) is 0 Å².